The molecule has 0 aliphatic carbocycles. The molecule has 0 saturated carbocycles. The first kappa shape index (κ1) is 13.3. The highest BCUT2D eigenvalue weighted by Crippen LogP contribution is 2.19. The Kier molecular flexibility index (Phi) is 5.60. The number of piperidine rings is 1. The Bertz CT molecular complexity index is 216. The summed E-state index contributed by atoms with van der Waals surface area (Å²) in [6.07, 6.45) is 2.77. The van der Waals surface area contributed by atoms with E-state index in [1.54, 1.807) is 4.90 Å². The van der Waals surface area contributed by atoms with Gasteiger partial charge in [-0.2, -0.15) is 0 Å². The van der Waals surface area contributed by atoms with Gasteiger partial charge in [0.05, 0.1) is 6.61 Å². The molecule has 1 rings (SSSR count). The standard InChI is InChI=1S/C12H23NO3/c1-4-15-11-7-5-6-8-13(11)12(14)16-9-10(2)3/h10-11H,4-9H2,1-3H3. The van der Waals surface area contributed by atoms with E-state index in [4.69, 9.17) is 9.47 Å². The van der Waals surface area contributed by atoms with Gasteiger partial charge in [-0.05, 0) is 32.1 Å². The second-order valence-electron chi connectivity index (χ2n) is 4.57. The van der Waals surface area contributed by atoms with Crippen molar-refractivity contribution < 1.29 is 14.3 Å². The number of nitrogens with zero attached hydrogens (tertiary/aromatic N) is 1. The predicted molar refractivity (Wildman–Crippen MR) is 62.2 cm³/mol. The van der Waals surface area contributed by atoms with Gasteiger partial charge in [0.2, 0.25) is 0 Å². The van der Waals surface area contributed by atoms with E-state index < -0.39 is 0 Å². The third-order valence-electron chi connectivity index (χ3n) is 2.58. The maximum atomic E-state index is 11.8. The summed E-state index contributed by atoms with van der Waals surface area (Å²) in [6.45, 7) is 7.88. The molecular weight excluding hydrogens is 206 g/mol. The zero-order valence-corrected chi connectivity index (χ0v) is 10.6. The minimum Gasteiger partial charge on any atom is -0.449 e. The summed E-state index contributed by atoms with van der Waals surface area (Å²) in [5, 5.41) is 0. The number of carbonyl (C=O) groups excluding carboxylic acids is 1. The first-order valence-electron chi connectivity index (χ1n) is 6.20. The lowest BCUT2D eigenvalue weighted by atomic mass is 10.1. The van der Waals surface area contributed by atoms with Crippen LogP contribution in [0, 0.1) is 5.92 Å². The fraction of sp³-hybridized carbons (Fsp3) is 0.917. The molecule has 0 radical (unpaired) electrons. The van der Waals surface area contributed by atoms with Crippen molar-refractivity contribution in [1.82, 2.24) is 4.90 Å². The molecule has 1 atom stereocenters. The lowest BCUT2D eigenvalue weighted by molar-refractivity contribution is -0.0682. The molecule has 1 unspecified atom stereocenters. The number of amides is 1. The average Bonchev–Trinajstić information content (AvgIpc) is 2.27. The van der Waals surface area contributed by atoms with E-state index in [0.717, 1.165) is 25.8 Å². The van der Waals surface area contributed by atoms with Gasteiger partial charge in [0.25, 0.3) is 0 Å². The number of carbonyl (C=O) groups is 1. The zero-order chi connectivity index (χ0) is 12.0. The molecule has 4 heteroatoms. The first-order chi connectivity index (χ1) is 7.65. The van der Waals surface area contributed by atoms with Crippen LogP contribution in [0.1, 0.15) is 40.0 Å². The average molecular weight is 229 g/mol. The molecule has 1 amide bonds. The normalized spacial score (nSPS) is 21.2. The monoisotopic (exact) mass is 229 g/mol. The molecule has 0 aromatic rings. The molecule has 1 saturated heterocycles. The predicted octanol–water partition coefficient (Wildman–Crippen LogP) is 2.63. The van der Waals surface area contributed by atoms with Crippen LogP contribution in [0.15, 0.2) is 0 Å². The van der Waals surface area contributed by atoms with Gasteiger partial charge in [0, 0.05) is 13.2 Å². The summed E-state index contributed by atoms with van der Waals surface area (Å²) in [4.78, 5) is 13.5. The molecule has 1 aliphatic heterocycles. The van der Waals surface area contributed by atoms with Crippen molar-refractivity contribution in [3.63, 3.8) is 0 Å². The smallest absolute Gasteiger partial charge is 0.411 e. The summed E-state index contributed by atoms with van der Waals surface area (Å²) < 4.78 is 10.8. The number of ether oxygens (including phenoxy) is 2. The highest BCUT2D eigenvalue weighted by molar-refractivity contribution is 5.67. The minimum absolute atomic E-state index is 0.0848. The van der Waals surface area contributed by atoms with Crippen LogP contribution >= 0.6 is 0 Å². The summed E-state index contributed by atoms with van der Waals surface area (Å²) in [6, 6.07) is 0. The summed E-state index contributed by atoms with van der Waals surface area (Å²) in [5.74, 6) is 0.374. The maximum Gasteiger partial charge on any atom is 0.411 e. The molecule has 1 heterocycles. The lowest BCUT2D eigenvalue weighted by Crippen LogP contribution is -2.45. The topological polar surface area (TPSA) is 38.8 Å². The highest BCUT2D eigenvalue weighted by Gasteiger charge is 2.28. The van der Waals surface area contributed by atoms with E-state index in [9.17, 15) is 4.79 Å². The Balaban J connectivity index is 2.43. The van der Waals surface area contributed by atoms with Crippen molar-refractivity contribution in [2.24, 2.45) is 5.92 Å². The van der Waals surface area contributed by atoms with Crippen molar-refractivity contribution in [2.75, 3.05) is 19.8 Å². The van der Waals surface area contributed by atoms with Crippen LogP contribution in [0.3, 0.4) is 0 Å². The highest BCUT2D eigenvalue weighted by atomic mass is 16.6. The van der Waals surface area contributed by atoms with Crippen molar-refractivity contribution >= 4 is 6.09 Å². The zero-order valence-electron chi connectivity index (χ0n) is 10.6. The van der Waals surface area contributed by atoms with Gasteiger partial charge in [-0.1, -0.05) is 13.8 Å². The molecule has 4 nitrogen and oxygen atoms in total. The van der Waals surface area contributed by atoms with Crippen LogP contribution in [0.5, 0.6) is 0 Å². The van der Waals surface area contributed by atoms with Gasteiger partial charge in [0.1, 0.15) is 6.23 Å². The SMILES string of the molecule is CCOC1CCCCN1C(=O)OCC(C)C. The Morgan fingerprint density at radius 3 is 2.81 bits per heavy atom. The Hall–Kier alpha value is -0.770. The van der Waals surface area contributed by atoms with Crippen molar-refractivity contribution in [2.45, 2.75) is 46.3 Å². The number of rotatable bonds is 4. The molecule has 0 aromatic heterocycles. The molecule has 1 fully saturated rings. The number of likely N-dealkylation sites (tertiary alicyclic amines) is 1. The second-order valence-corrected chi connectivity index (χ2v) is 4.57. The van der Waals surface area contributed by atoms with Gasteiger partial charge in [-0.15, -0.1) is 0 Å². The number of hydrogen-bond acceptors (Lipinski definition) is 3. The third kappa shape index (κ3) is 4.00. The van der Waals surface area contributed by atoms with E-state index in [-0.39, 0.29) is 12.3 Å². The molecular formula is C12H23NO3. The Morgan fingerprint density at radius 2 is 2.19 bits per heavy atom. The first-order valence-corrected chi connectivity index (χ1v) is 6.20. The summed E-state index contributed by atoms with van der Waals surface area (Å²) in [5.41, 5.74) is 0. The van der Waals surface area contributed by atoms with Crippen molar-refractivity contribution in [3.8, 4) is 0 Å². The van der Waals surface area contributed by atoms with E-state index in [1.807, 2.05) is 20.8 Å². The summed E-state index contributed by atoms with van der Waals surface area (Å²) in [7, 11) is 0. The molecule has 0 bridgehead atoms. The molecule has 94 valence electrons. The van der Waals surface area contributed by atoms with E-state index in [2.05, 4.69) is 0 Å². The Morgan fingerprint density at radius 1 is 1.44 bits per heavy atom. The van der Waals surface area contributed by atoms with Crippen LogP contribution in [-0.2, 0) is 9.47 Å². The summed E-state index contributed by atoms with van der Waals surface area (Å²) >= 11 is 0. The molecule has 16 heavy (non-hydrogen) atoms. The number of hydrogen-bond donors (Lipinski definition) is 0. The van der Waals surface area contributed by atoms with Crippen LogP contribution in [0.2, 0.25) is 0 Å². The molecule has 0 spiro atoms. The van der Waals surface area contributed by atoms with Gasteiger partial charge < -0.3 is 9.47 Å². The van der Waals surface area contributed by atoms with E-state index >= 15 is 0 Å². The van der Waals surface area contributed by atoms with Gasteiger partial charge in [-0.3, -0.25) is 4.90 Å². The van der Waals surface area contributed by atoms with Gasteiger partial charge >= 0.3 is 6.09 Å². The lowest BCUT2D eigenvalue weighted by Gasteiger charge is -2.34. The van der Waals surface area contributed by atoms with Crippen molar-refractivity contribution in [1.29, 1.82) is 0 Å². The fourth-order valence-electron chi connectivity index (χ4n) is 1.80. The van der Waals surface area contributed by atoms with E-state index in [1.165, 1.54) is 0 Å². The largest absolute Gasteiger partial charge is 0.449 e. The maximum absolute atomic E-state index is 11.8. The Labute approximate surface area is 97.9 Å². The third-order valence-corrected chi connectivity index (χ3v) is 2.58. The molecule has 0 N–H and O–H groups in total. The van der Waals surface area contributed by atoms with Crippen LogP contribution in [0.4, 0.5) is 4.79 Å². The van der Waals surface area contributed by atoms with Crippen LogP contribution < -0.4 is 0 Å². The van der Waals surface area contributed by atoms with Gasteiger partial charge in [0.15, 0.2) is 0 Å². The van der Waals surface area contributed by atoms with E-state index in [0.29, 0.717) is 19.1 Å². The fourth-order valence-corrected chi connectivity index (χ4v) is 1.80. The van der Waals surface area contributed by atoms with Crippen molar-refractivity contribution in [3.05, 3.63) is 0 Å². The quantitative estimate of drug-likeness (QED) is 0.744. The van der Waals surface area contributed by atoms with Crippen LogP contribution in [-0.4, -0.2) is 37.0 Å². The molecule has 1 aliphatic rings. The minimum atomic E-state index is -0.230. The molecule has 0 aromatic carbocycles. The second kappa shape index (κ2) is 6.74. The van der Waals surface area contributed by atoms with Gasteiger partial charge in [-0.25, -0.2) is 4.79 Å². The van der Waals surface area contributed by atoms with Crippen LogP contribution in [0.25, 0.3) is 0 Å².